The number of hydrogen-bond acceptors (Lipinski definition) is 4. The largest absolute Gasteiger partial charge is 0.443 e. The smallest absolute Gasteiger partial charge is 0.416 e. The third-order valence-corrected chi connectivity index (χ3v) is 3.32. The Kier molecular flexibility index (Phi) is 4.28. The van der Waals surface area contributed by atoms with E-state index in [1.807, 2.05) is 32.9 Å². The van der Waals surface area contributed by atoms with Gasteiger partial charge in [-0.2, -0.15) is 0 Å². The van der Waals surface area contributed by atoms with E-state index >= 15 is 0 Å². The summed E-state index contributed by atoms with van der Waals surface area (Å²) in [6.07, 6.45) is 2.85. The van der Waals surface area contributed by atoms with Crippen molar-refractivity contribution < 1.29 is 14.6 Å². The average Bonchev–Trinajstić information content (AvgIpc) is 2.31. The van der Waals surface area contributed by atoms with E-state index in [1.54, 1.807) is 17.2 Å². The molecule has 1 amide bonds. The third-order valence-electron chi connectivity index (χ3n) is 3.32. The van der Waals surface area contributed by atoms with Crippen LogP contribution in [-0.2, 0) is 4.74 Å². The summed E-state index contributed by atoms with van der Waals surface area (Å²) in [5.41, 5.74) is -0.537. The predicted molar refractivity (Wildman–Crippen MR) is 76.5 cm³/mol. The average molecular weight is 278 g/mol. The number of anilines is 1. The van der Waals surface area contributed by atoms with E-state index in [0.717, 1.165) is 12.8 Å². The first-order chi connectivity index (χ1) is 9.40. The van der Waals surface area contributed by atoms with Crippen molar-refractivity contribution in [2.24, 2.45) is 5.92 Å². The van der Waals surface area contributed by atoms with Crippen molar-refractivity contribution in [2.45, 2.75) is 45.3 Å². The maximum absolute atomic E-state index is 12.4. The van der Waals surface area contributed by atoms with E-state index in [0.29, 0.717) is 5.82 Å². The highest BCUT2D eigenvalue weighted by Crippen LogP contribution is 2.34. The van der Waals surface area contributed by atoms with Gasteiger partial charge < -0.3 is 9.84 Å². The van der Waals surface area contributed by atoms with Crippen LogP contribution in [0.4, 0.5) is 10.6 Å². The minimum absolute atomic E-state index is 0.0527. The van der Waals surface area contributed by atoms with Crippen LogP contribution in [0.25, 0.3) is 0 Å². The zero-order valence-corrected chi connectivity index (χ0v) is 12.2. The molecule has 0 aromatic carbocycles. The molecule has 1 saturated carbocycles. The van der Waals surface area contributed by atoms with Crippen molar-refractivity contribution in [2.75, 3.05) is 11.5 Å². The number of nitrogens with zero attached hydrogens (tertiary/aromatic N) is 2. The van der Waals surface area contributed by atoms with Gasteiger partial charge in [-0.25, -0.2) is 9.78 Å². The number of hydrogen-bond donors (Lipinski definition) is 1. The second kappa shape index (κ2) is 5.79. The van der Waals surface area contributed by atoms with Crippen molar-refractivity contribution in [3.8, 4) is 0 Å². The normalized spacial score (nSPS) is 22.0. The van der Waals surface area contributed by atoms with Crippen LogP contribution < -0.4 is 4.90 Å². The minimum Gasteiger partial charge on any atom is -0.443 e. The van der Waals surface area contributed by atoms with Crippen LogP contribution in [0.2, 0.25) is 0 Å². The summed E-state index contributed by atoms with van der Waals surface area (Å²) in [4.78, 5) is 18.2. The monoisotopic (exact) mass is 278 g/mol. The molecule has 2 rings (SSSR count). The lowest BCUT2D eigenvalue weighted by molar-refractivity contribution is 0.0507. The molecular weight excluding hydrogens is 256 g/mol. The summed E-state index contributed by atoms with van der Waals surface area (Å²) in [6.45, 7) is 5.71. The Balaban J connectivity index is 2.15. The number of carbonyl (C=O) groups excluding carboxylic acids is 1. The van der Waals surface area contributed by atoms with Crippen LogP contribution in [-0.4, -0.2) is 34.4 Å². The summed E-state index contributed by atoms with van der Waals surface area (Å²) in [5, 5.41) is 9.13. The first kappa shape index (κ1) is 14.8. The molecule has 1 aromatic heterocycles. The maximum atomic E-state index is 12.4. The fourth-order valence-electron chi connectivity index (χ4n) is 2.30. The first-order valence-corrected chi connectivity index (χ1v) is 6.95. The highest BCUT2D eigenvalue weighted by Gasteiger charge is 2.38. The molecular formula is C15H22N2O3. The molecule has 0 spiro atoms. The van der Waals surface area contributed by atoms with Crippen molar-refractivity contribution in [3.05, 3.63) is 24.4 Å². The molecule has 1 heterocycles. The molecule has 5 heteroatoms. The molecule has 20 heavy (non-hydrogen) atoms. The Hall–Kier alpha value is -1.62. The minimum atomic E-state index is -0.537. The molecule has 1 aliphatic rings. The molecule has 1 aliphatic carbocycles. The van der Waals surface area contributed by atoms with Crippen LogP contribution in [0.5, 0.6) is 0 Å². The SMILES string of the molecule is CC(C)(C)OC(=O)N(c1ccccn1)C1CC(CO)C1. The number of rotatable bonds is 3. The Labute approximate surface area is 119 Å². The summed E-state index contributed by atoms with van der Waals surface area (Å²) < 4.78 is 5.46. The van der Waals surface area contributed by atoms with Crippen LogP contribution in [0.1, 0.15) is 33.6 Å². The van der Waals surface area contributed by atoms with Crippen LogP contribution in [0, 0.1) is 5.92 Å². The number of aliphatic hydroxyl groups excluding tert-OH is 1. The first-order valence-electron chi connectivity index (χ1n) is 6.95. The van der Waals surface area contributed by atoms with E-state index in [2.05, 4.69) is 4.98 Å². The number of carbonyl (C=O) groups is 1. The Bertz CT molecular complexity index is 450. The van der Waals surface area contributed by atoms with E-state index in [1.165, 1.54) is 0 Å². The Morgan fingerprint density at radius 2 is 2.15 bits per heavy atom. The van der Waals surface area contributed by atoms with Gasteiger partial charge in [0.2, 0.25) is 0 Å². The maximum Gasteiger partial charge on any atom is 0.416 e. The molecule has 1 N–H and O–H groups in total. The molecule has 0 atom stereocenters. The van der Waals surface area contributed by atoms with Crippen molar-refractivity contribution >= 4 is 11.9 Å². The molecule has 0 bridgehead atoms. The van der Waals surface area contributed by atoms with Gasteiger partial charge in [-0.05, 0) is 51.7 Å². The van der Waals surface area contributed by atoms with Gasteiger partial charge in [-0.1, -0.05) is 6.07 Å². The zero-order chi connectivity index (χ0) is 14.8. The number of aliphatic hydroxyl groups is 1. The number of ether oxygens (including phenoxy) is 1. The quantitative estimate of drug-likeness (QED) is 0.923. The summed E-state index contributed by atoms with van der Waals surface area (Å²) in [6, 6.07) is 5.52. The lowest BCUT2D eigenvalue weighted by Gasteiger charge is -2.41. The van der Waals surface area contributed by atoms with Crippen molar-refractivity contribution in [1.82, 2.24) is 4.98 Å². The number of pyridine rings is 1. The Morgan fingerprint density at radius 3 is 2.65 bits per heavy atom. The number of aromatic nitrogens is 1. The van der Waals surface area contributed by atoms with E-state index < -0.39 is 5.60 Å². The molecule has 1 aromatic rings. The van der Waals surface area contributed by atoms with Gasteiger partial charge in [0.05, 0.1) is 0 Å². The van der Waals surface area contributed by atoms with Gasteiger partial charge in [0.15, 0.2) is 0 Å². The molecule has 0 aliphatic heterocycles. The molecule has 0 unspecified atom stereocenters. The predicted octanol–water partition coefficient (Wildman–Crippen LogP) is 2.59. The number of amides is 1. The van der Waals surface area contributed by atoms with Gasteiger partial charge >= 0.3 is 6.09 Å². The van der Waals surface area contributed by atoms with Crippen LogP contribution in [0.15, 0.2) is 24.4 Å². The highest BCUT2D eigenvalue weighted by atomic mass is 16.6. The third kappa shape index (κ3) is 3.48. The van der Waals surface area contributed by atoms with Gasteiger partial charge in [-0.15, -0.1) is 0 Å². The standard InChI is InChI=1S/C15H22N2O3/c1-15(2,3)20-14(19)17(12-8-11(9-12)10-18)13-6-4-5-7-16-13/h4-7,11-12,18H,8-10H2,1-3H3. The summed E-state index contributed by atoms with van der Waals surface area (Å²) in [5.74, 6) is 0.872. The Morgan fingerprint density at radius 1 is 1.45 bits per heavy atom. The van der Waals surface area contributed by atoms with Gasteiger partial charge in [0.25, 0.3) is 0 Å². The molecule has 1 fully saturated rings. The molecule has 5 nitrogen and oxygen atoms in total. The van der Waals surface area contributed by atoms with Crippen LogP contribution in [0.3, 0.4) is 0 Å². The van der Waals surface area contributed by atoms with E-state index in [9.17, 15) is 4.79 Å². The zero-order valence-electron chi connectivity index (χ0n) is 12.2. The highest BCUT2D eigenvalue weighted by molar-refractivity contribution is 5.87. The molecule has 0 radical (unpaired) electrons. The van der Waals surface area contributed by atoms with Gasteiger partial charge in [-0.3, -0.25) is 4.90 Å². The van der Waals surface area contributed by atoms with E-state index in [-0.39, 0.29) is 24.7 Å². The van der Waals surface area contributed by atoms with Gasteiger partial charge in [0.1, 0.15) is 11.4 Å². The molecule has 0 saturated heterocycles. The fraction of sp³-hybridized carbons (Fsp3) is 0.600. The van der Waals surface area contributed by atoms with Crippen molar-refractivity contribution in [1.29, 1.82) is 0 Å². The topological polar surface area (TPSA) is 62.7 Å². The second-order valence-electron chi connectivity index (χ2n) is 6.21. The summed E-state index contributed by atoms with van der Waals surface area (Å²) >= 11 is 0. The lowest BCUT2D eigenvalue weighted by atomic mass is 9.80. The molecule has 110 valence electrons. The van der Waals surface area contributed by atoms with Crippen molar-refractivity contribution in [3.63, 3.8) is 0 Å². The van der Waals surface area contributed by atoms with Crippen LogP contribution >= 0.6 is 0 Å². The lowest BCUT2D eigenvalue weighted by Crippen LogP contribution is -2.50. The summed E-state index contributed by atoms with van der Waals surface area (Å²) in [7, 11) is 0. The second-order valence-corrected chi connectivity index (χ2v) is 6.21. The fourth-order valence-corrected chi connectivity index (χ4v) is 2.30. The van der Waals surface area contributed by atoms with Gasteiger partial charge in [0, 0.05) is 18.8 Å². The van der Waals surface area contributed by atoms with E-state index in [4.69, 9.17) is 9.84 Å².